The van der Waals surface area contributed by atoms with Gasteiger partial charge in [0.1, 0.15) is 16.8 Å². The molecule has 6 nitrogen and oxygen atoms in total. The van der Waals surface area contributed by atoms with Gasteiger partial charge in [0.25, 0.3) is 5.56 Å². The molecule has 0 amide bonds. The molecule has 0 radical (unpaired) electrons. The van der Waals surface area contributed by atoms with Crippen LogP contribution in [0.1, 0.15) is 11.5 Å². The maximum Gasteiger partial charge on any atom is 0.468 e. The van der Waals surface area contributed by atoms with E-state index in [0.717, 1.165) is 6.26 Å². The molecular formula is C12H8F3N3O3S. The summed E-state index contributed by atoms with van der Waals surface area (Å²) in [7, 11) is 1.49. The van der Waals surface area contributed by atoms with Gasteiger partial charge in [-0.25, -0.2) is 9.97 Å². The first-order valence-corrected chi connectivity index (χ1v) is 6.80. The number of ether oxygens (including phenoxy) is 1. The number of nitrogens with one attached hydrogen (secondary N) is 1. The normalized spacial score (nSPS) is 12.2. The molecule has 10 heteroatoms. The molecule has 1 N–H and O–H groups in total. The molecule has 0 aliphatic rings. The Hall–Kier alpha value is -2.20. The molecule has 0 bridgehead atoms. The average molecular weight is 331 g/mol. The number of thiophene rings is 1. The molecule has 0 aliphatic carbocycles. The fraction of sp³-hybridized carbons (Fsp3) is 0.250. The van der Waals surface area contributed by atoms with Crippen molar-refractivity contribution in [2.75, 3.05) is 7.11 Å². The minimum Gasteiger partial charge on any atom is -0.441 e. The third-order valence-corrected chi connectivity index (χ3v) is 3.73. The standard InChI is InChI=1S/C12H8F3N3O3S/c1-20-2-5-4-22-10-7(5)9(19)17-8(18-10)6-3-21-11(16-6)12(13,14)15/h3-4H,2H2,1H3,(H,17,18,19). The van der Waals surface area contributed by atoms with Crippen molar-refractivity contribution in [1.82, 2.24) is 15.0 Å². The Labute approximate surface area is 124 Å². The van der Waals surface area contributed by atoms with Crippen molar-refractivity contribution >= 4 is 21.6 Å². The summed E-state index contributed by atoms with van der Waals surface area (Å²) in [5.74, 6) is -1.47. The lowest BCUT2D eigenvalue weighted by molar-refractivity contribution is -0.157. The molecule has 3 heterocycles. The number of fused-ring (bicyclic) bond motifs is 1. The molecule has 3 aromatic rings. The van der Waals surface area contributed by atoms with E-state index in [1.807, 2.05) is 0 Å². The summed E-state index contributed by atoms with van der Waals surface area (Å²) in [6.45, 7) is 0.242. The van der Waals surface area contributed by atoms with Crippen molar-refractivity contribution in [2.45, 2.75) is 12.8 Å². The number of rotatable bonds is 3. The zero-order valence-electron chi connectivity index (χ0n) is 11.0. The van der Waals surface area contributed by atoms with E-state index in [1.54, 1.807) is 5.38 Å². The van der Waals surface area contributed by atoms with Gasteiger partial charge in [-0.1, -0.05) is 0 Å². The van der Waals surface area contributed by atoms with E-state index in [-0.39, 0.29) is 18.1 Å². The topological polar surface area (TPSA) is 81.0 Å². The highest BCUT2D eigenvalue weighted by Gasteiger charge is 2.37. The van der Waals surface area contributed by atoms with E-state index in [4.69, 9.17) is 4.74 Å². The molecule has 22 heavy (non-hydrogen) atoms. The highest BCUT2D eigenvalue weighted by atomic mass is 32.1. The van der Waals surface area contributed by atoms with Crippen molar-refractivity contribution in [3.8, 4) is 11.5 Å². The van der Waals surface area contributed by atoms with Crippen LogP contribution in [0, 0.1) is 0 Å². The zero-order valence-corrected chi connectivity index (χ0v) is 11.8. The third-order valence-electron chi connectivity index (χ3n) is 2.81. The van der Waals surface area contributed by atoms with Crippen LogP contribution in [0.3, 0.4) is 0 Å². The predicted molar refractivity (Wildman–Crippen MR) is 71.5 cm³/mol. The second-order valence-corrected chi connectivity index (χ2v) is 5.18. The van der Waals surface area contributed by atoms with E-state index in [9.17, 15) is 18.0 Å². The molecule has 0 aliphatic heterocycles. The van der Waals surface area contributed by atoms with Gasteiger partial charge in [0.2, 0.25) is 0 Å². The van der Waals surface area contributed by atoms with E-state index in [0.29, 0.717) is 15.8 Å². The number of hydrogen-bond acceptors (Lipinski definition) is 6. The van der Waals surface area contributed by atoms with Gasteiger partial charge in [-0.3, -0.25) is 4.79 Å². The number of aromatic nitrogens is 3. The van der Waals surface area contributed by atoms with Crippen molar-refractivity contribution in [3.63, 3.8) is 0 Å². The molecular weight excluding hydrogens is 323 g/mol. The van der Waals surface area contributed by atoms with Gasteiger partial charge in [0.05, 0.1) is 12.0 Å². The third kappa shape index (κ3) is 2.50. The lowest BCUT2D eigenvalue weighted by Gasteiger charge is -1.99. The van der Waals surface area contributed by atoms with Gasteiger partial charge in [-0.2, -0.15) is 13.2 Å². The summed E-state index contributed by atoms with van der Waals surface area (Å²) in [5.41, 5.74) is 0.0109. The van der Waals surface area contributed by atoms with Crippen molar-refractivity contribution in [3.05, 3.63) is 33.5 Å². The van der Waals surface area contributed by atoms with Crippen LogP contribution in [0.15, 0.2) is 20.9 Å². The molecule has 0 unspecified atom stereocenters. The summed E-state index contributed by atoms with van der Waals surface area (Å²) in [5, 5.41) is 2.07. The Balaban J connectivity index is 2.09. The number of hydrogen-bond donors (Lipinski definition) is 1. The van der Waals surface area contributed by atoms with E-state index < -0.39 is 17.6 Å². The second-order valence-electron chi connectivity index (χ2n) is 4.32. The lowest BCUT2D eigenvalue weighted by atomic mass is 10.2. The fourth-order valence-corrected chi connectivity index (χ4v) is 2.83. The lowest BCUT2D eigenvalue weighted by Crippen LogP contribution is -2.10. The van der Waals surface area contributed by atoms with Crippen LogP contribution in [-0.4, -0.2) is 22.1 Å². The van der Waals surface area contributed by atoms with Crippen molar-refractivity contribution in [1.29, 1.82) is 0 Å². The molecule has 0 saturated carbocycles. The Morgan fingerprint density at radius 2 is 2.18 bits per heavy atom. The van der Waals surface area contributed by atoms with Crippen molar-refractivity contribution < 1.29 is 22.3 Å². The van der Waals surface area contributed by atoms with Gasteiger partial charge in [0.15, 0.2) is 5.82 Å². The Morgan fingerprint density at radius 1 is 1.41 bits per heavy atom. The van der Waals surface area contributed by atoms with Crippen LogP contribution >= 0.6 is 11.3 Å². The highest BCUT2D eigenvalue weighted by molar-refractivity contribution is 7.16. The minimum absolute atomic E-state index is 0.0810. The average Bonchev–Trinajstić information content (AvgIpc) is 3.05. The number of halogens is 3. The SMILES string of the molecule is COCc1csc2nc(-c3coc(C(F)(F)F)n3)[nH]c(=O)c12. The van der Waals surface area contributed by atoms with Crippen LogP contribution in [-0.2, 0) is 17.5 Å². The highest BCUT2D eigenvalue weighted by Crippen LogP contribution is 2.30. The van der Waals surface area contributed by atoms with Crippen LogP contribution < -0.4 is 5.56 Å². The Bertz CT molecular complexity index is 881. The monoisotopic (exact) mass is 331 g/mol. The van der Waals surface area contributed by atoms with Crippen LogP contribution in [0.2, 0.25) is 0 Å². The predicted octanol–water partition coefficient (Wildman–Crippen LogP) is 2.80. The summed E-state index contributed by atoms with van der Waals surface area (Å²) in [6, 6.07) is 0. The maximum atomic E-state index is 12.5. The van der Waals surface area contributed by atoms with Gasteiger partial charge < -0.3 is 14.1 Å². The minimum atomic E-state index is -4.70. The van der Waals surface area contributed by atoms with Crippen molar-refractivity contribution in [2.24, 2.45) is 0 Å². The first-order chi connectivity index (χ1) is 10.4. The van der Waals surface area contributed by atoms with Crippen LogP contribution in [0.5, 0.6) is 0 Å². The largest absolute Gasteiger partial charge is 0.468 e. The van der Waals surface area contributed by atoms with E-state index >= 15 is 0 Å². The van der Waals surface area contributed by atoms with Gasteiger partial charge in [-0.05, 0) is 5.38 Å². The molecule has 116 valence electrons. The smallest absolute Gasteiger partial charge is 0.441 e. The van der Waals surface area contributed by atoms with Gasteiger partial charge in [-0.15, -0.1) is 11.3 Å². The summed E-state index contributed by atoms with van der Waals surface area (Å²) in [6.07, 6.45) is -3.90. The number of alkyl halides is 3. The number of oxazole rings is 1. The number of aromatic amines is 1. The molecule has 0 fully saturated rings. The van der Waals surface area contributed by atoms with Gasteiger partial charge >= 0.3 is 12.1 Å². The molecule has 0 aromatic carbocycles. The Morgan fingerprint density at radius 3 is 2.82 bits per heavy atom. The number of nitrogens with zero attached hydrogens (tertiary/aromatic N) is 2. The van der Waals surface area contributed by atoms with Crippen LogP contribution in [0.4, 0.5) is 13.2 Å². The Kier molecular flexibility index (Phi) is 3.49. The summed E-state index contributed by atoms with van der Waals surface area (Å²) in [4.78, 5) is 22.3. The molecule has 0 saturated heterocycles. The fourth-order valence-electron chi connectivity index (χ4n) is 1.90. The number of H-pyrrole nitrogens is 1. The summed E-state index contributed by atoms with van der Waals surface area (Å²) < 4.78 is 46.8. The molecule has 0 spiro atoms. The number of methoxy groups -OCH3 is 1. The van der Waals surface area contributed by atoms with Gasteiger partial charge in [0, 0.05) is 12.7 Å². The quantitative estimate of drug-likeness (QED) is 0.798. The zero-order chi connectivity index (χ0) is 15.9. The molecule has 3 rings (SSSR count). The maximum absolute atomic E-state index is 12.5. The van der Waals surface area contributed by atoms with Crippen LogP contribution in [0.25, 0.3) is 21.7 Å². The summed E-state index contributed by atoms with van der Waals surface area (Å²) >= 11 is 1.20. The van der Waals surface area contributed by atoms with E-state index in [1.165, 1.54) is 18.4 Å². The first kappa shape index (κ1) is 14.7. The molecule has 3 aromatic heterocycles. The van der Waals surface area contributed by atoms with E-state index in [2.05, 4.69) is 19.4 Å². The second kappa shape index (κ2) is 5.21. The molecule has 0 atom stereocenters. The first-order valence-electron chi connectivity index (χ1n) is 5.92.